The van der Waals surface area contributed by atoms with E-state index in [1.165, 1.54) is 0 Å². The van der Waals surface area contributed by atoms with E-state index < -0.39 is 0 Å². The van der Waals surface area contributed by atoms with Gasteiger partial charge in [0.15, 0.2) is 0 Å². The second-order valence-corrected chi connectivity index (χ2v) is 6.17. The lowest BCUT2D eigenvalue weighted by Gasteiger charge is -2.03. The van der Waals surface area contributed by atoms with Crippen molar-refractivity contribution in [2.45, 2.75) is 13.8 Å². The van der Waals surface area contributed by atoms with E-state index >= 15 is 0 Å². The number of rotatable bonds is 4. The number of fused-ring (bicyclic) bond motifs is 1. The highest BCUT2D eigenvalue weighted by molar-refractivity contribution is 6.05. The van der Waals surface area contributed by atoms with Gasteiger partial charge in [-0.3, -0.25) is 0 Å². The van der Waals surface area contributed by atoms with E-state index in [2.05, 4.69) is 49.7 Å². The third kappa shape index (κ3) is 3.19. The highest BCUT2D eigenvalue weighted by Gasteiger charge is 2.11. The zero-order valence-corrected chi connectivity index (χ0v) is 14.7. The van der Waals surface area contributed by atoms with Crippen molar-refractivity contribution >= 4 is 23.1 Å². The Morgan fingerprint density at radius 3 is 2.38 bits per heavy atom. The van der Waals surface area contributed by atoms with Crippen LogP contribution in [0.4, 0.5) is 5.95 Å². The molecule has 0 amide bonds. The van der Waals surface area contributed by atoms with Crippen LogP contribution in [0.5, 0.6) is 0 Å². The maximum absolute atomic E-state index is 4.38. The number of nitrogens with zero attached hydrogens (tertiary/aromatic N) is 3. The van der Waals surface area contributed by atoms with E-state index in [1.807, 2.05) is 56.5 Å². The van der Waals surface area contributed by atoms with Gasteiger partial charge in [0, 0.05) is 27.9 Å². The molecule has 128 valence electrons. The van der Waals surface area contributed by atoms with Gasteiger partial charge in [0.1, 0.15) is 0 Å². The van der Waals surface area contributed by atoms with Gasteiger partial charge in [-0.25, -0.2) is 15.4 Å². The molecular formula is C21H19N5. The lowest BCUT2D eigenvalue weighted by molar-refractivity contribution is 1.04. The zero-order valence-electron chi connectivity index (χ0n) is 14.7. The number of aromatic nitrogens is 3. The van der Waals surface area contributed by atoms with E-state index in [-0.39, 0.29) is 0 Å². The molecule has 2 aromatic carbocycles. The third-order valence-electron chi connectivity index (χ3n) is 4.15. The van der Waals surface area contributed by atoms with Crippen LogP contribution in [-0.2, 0) is 0 Å². The molecule has 0 aliphatic carbocycles. The monoisotopic (exact) mass is 341 g/mol. The normalized spacial score (nSPS) is 11.3. The lowest BCUT2D eigenvalue weighted by atomic mass is 10.1. The van der Waals surface area contributed by atoms with Gasteiger partial charge in [0.05, 0.1) is 11.9 Å². The average Bonchev–Trinajstić information content (AvgIpc) is 3.01. The summed E-state index contributed by atoms with van der Waals surface area (Å²) in [7, 11) is 0. The summed E-state index contributed by atoms with van der Waals surface area (Å²) in [5.74, 6) is 0.500. The highest BCUT2D eigenvalue weighted by Crippen LogP contribution is 2.28. The van der Waals surface area contributed by atoms with E-state index in [0.29, 0.717) is 5.95 Å². The van der Waals surface area contributed by atoms with Crippen LogP contribution in [0.3, 0.4) is 0 Å². The molecule has 2 heterocycles. The van der Waals surface area contributed by atoms with E-state index in [0.717, 1.165) is 39.1 Å². The van der Waals surface area contributed by atoms with Crippen molar-refractivity contribution in [3.63, 3.8) is 0 Å². The van der Waals surface area contributed by atoms with Gasteiger partial charge < -0.3 is 4.98 Å². The van der Waals surface area contributed by atoms with Crippen LogP contribution in [0.2, 0.25) is 0 Å². The van der Waals surface area contributed by atoms with Crippen molar-refractivity contribution in [1.29, 1.82) is 0 Å². The molecule has 4 rings (SSSR count). The van der Waals surface area contributed by atoms with Gasteiger partial charge in [0.2, 0.25) is 5.95 Å². The molecule has 5 nitrogen and oxygen atoms in total. The summed E-state index contributed by atoms with van der Waals surface area (Å²) >= 11 is 0. The SMILES string of the molecule is Cc1cc(C)nc(N/N=C\c2c(-c3ccccc3)[nH]c3ccccc23)n1. The number of H-pyrrole nitrogens is 1. The number of hydrazone groups is 1. The first kappa shape index (κ1) is 16.0. The summed E-state index contributed by atoms with van der Waals surface area (Å²) in [6.07, 6.45) is 1.82. The Labute approximate surface area is 151 Å². The fourth-order valence-corrected chi connectivity index (χ4v) is 3.06. The second-order valence-electron chi connectivity index (χ2n) is 6.17. The molecule has 0 fully saturated rings. The van der Waals surface area contributed by atoms with E-state index in [1.54, 1.807) is 0 Å². The molecule has 0 saturated carbocycles. The molecule has 0 bridgehead atoms. The Kier molecular flexibility index (Phi) is 4.19. The summed E-state index contributed by atoms with van der Waals surface area (Å²) in [5, 5.41) is 5.51. The summed E-state index contributed by atoms with van der Waals surface area (Å²) in [5.41, 5.74) is 9.03. The Morgan fingerprint density at radius 2 is 1.62 bits per heavy atom. The fourth-order valence-electron chi connectivity index (χ4n) is 3.06. The zero-order chi connectivity index (χ0) is 17.9. The number of aryl methyl sites for hydroxylation is 2. The first-order valence-electron chi connectivity index (χ1n) is 8.48. The molecule has 0 atom stereocenters. The summed E-state index contributed by atoms with van der Waals surface area (Å²) in [6, 6.07) is 20.4. The second kappa shape index (κ2) is 6.80. The number of benzene rings is 2. The van der Waals surface area contributed by atoms with Crippen molar-refractivity contribution in [2.75, 3.05) is 5.43 Å². The molecule has 0 saturated heterocycles. The standard InChI is InChI=1S/C21H19N5/c1-14-12-15(2)24-21(23-14)26-22-13-18-17-10-6-7-11-19(17)25-20(18)16-8-4-3-5-9-16/h3-13,25H,1-2H3,(H,23,24,26)/b22-13-. The maximum Gasteiger partial charge on any atom is 0.243 e. The van der Waals surface area contributed by atoms with Crippen LogP contribution in [0, 0.1) is 13.8 Å². The van der Waals surface area contributed by atoms with Crippen molar-refractivity contribution < 1.29 is 0 Å². The van der Waals surface area contributed by atoms with Crippen LogP contribution in [0.25, 0.3) is 22.2 Å². The van der Waals surface area contributed by atoms with Crippen LogP contribution < -0.4 is 5.43 Å². The molecule has 0 spiro atoms. The van der Waals surface area contributed by atoms with Gasteiger partial charge in [-0.15, -0.1) is 0 Å². The largest absolute Gasteiger partial charge is 0.354 e. The highest BCUT2D eigenvalue weighted by atomic mass is 15.3. The fraction of sp³-hybridized carbons (Fsp3) is 0.0952. The van der Waals surface area contributed by atoms with Crippen LogP contribution in [0.15, 0.2) is 65.8 Å². The Morgan fingerprint density at radius 1 is 0.923 bits per heavy atom. The summed E-state index contributed by atoms with van der Waals surface area (Å²) in [6.45, 7) is 3.88. The molecular weight excluding hydrogens is 322 g/mol. The van der Waals surface area contributed by atoms with Gasteiger partial charge in [-0.05, 0) is 31.5 Å². The number of anilines is 1. The number of hydrogen-bond acceptors (Lipinski definition) is 4. The van der Waals surface area contributed by atoms with Crippen molar-refractivity contribution in [3.05, 3.63) is 77.6 Å². The van der Waals surface area contributed by atoms with Crippen LogP contribution in [-0.4, -0.2) is 21.2 Å². The van der Waals surface area contributed by atoms with E-state index in [4.69, 9.17) is 0 Å². The van der Waals surface area contributed by atoms with Crippen LogP contribution >= 0.6 is 0 Å². The van der Waals surface area contributed by atoms with Crippen molar-refractivity contribution in [2.24, 2.45) is 5.10 Å². The smallest absolute Gasteiger partial charge is 0.243 e. The van der Waals surface area contributed by atoms with E-state index in [9.17, 15) is 0 Å². The molecule has 26 heavy (non-hydrogen) atoms. The number of para-hydroxylation sites is 1. The number of aromatic amines is 1. The minimum absolute atomic E-state index is 0.500. The molecule has 2 N–H and O–H groups in total. The Balaban J connectivity index is 1.73. The molecule has 0 aliphatic heterocycles. The molecule has 0 radical (unpaired) electrons. The summed E-state index contributed by atoms with van der Waals surface area (Å²) in [4.78, 5) is 12.2. The molecule has 2 aromatic heterocycles. The topological polar surface area (TPSA) is 66.0 Å². The predicted octanol–water partition coefficient (Wildman–Crippen LogP) is 4.69. The number of hydrogen-bond donors (Lipinski definition) is 2. The maximum atomic E-state index is 4.38. The van der Waals surface area contributed by atoms with Gasteiger partial charge in [-0.1, -0.05) is 48.5 Å². The van der Waals surface area contributed by atoms with Crippen molar-refractivity contribution in [3.8, 4) is 11.3 Å². The van der Waals surface area contributed by atoms with Gasteiger partial charge in [-0.2, -0.15) is 5.10 Å². The van der Waals surface area contributed by atoms with Gasteiger partial charge in [0.25, 0.3) is 0 Å². The third-order valence-corrected chi connectivity index (χ3v) is 4.15. The Bertz CT molecular complexity index is 1060. The van der Waals surface area contributed by atoms with Crippen molar-refractivity contribution in [1.82, 2.24) is 15.0 Å². The van der Waals surface area contributed by atoms with Gasteiger partial charge >= 0.3 is 0 Å². The first-order chi connectivity index (χ1) is 12.7. The predicted molar refractivity (Wildman–Crippen MR) is 106 cm³/mol. The minimum Gasteiger partial charge on any atom is -0.354 e. The molecule has 5 heteroatoms. The molecule has 4 aromatic rings. The lowest BCUT2D eigenvalue weighted by Crippen LogP contribution is -2.00. The minimum atomic E-state index is 0.500. The number of nitrogens with one attached hydrogen (secondary N) is 2. The first-order valence-corrected chi connectivity index (χ1v) is 8.48. The molecule has 0 aliphatic rings. The average molecular weight is 341 g/mol. The Hall–Kier alpha value is -3.47. The van der Waals surface area contributed by atoms with Crippen LogP contribution in [0.1, 0.15) is 17.0 Å². The quantitative estimate of drug-likeness (QED) is 0.418. The molecule has 0 unspecified atom stereocenters. The summed E-state index contributed by atoms with van der Waals surface area (Å²) < 4.78 is 0.